The zero-order valence-corrected chi connectivity index (χ0v) is 27.9. The quantitative estimate of drug-likeness (QED) is 0.168. The molecule has 2 aliphatic rings. The number of allylic oxidation sites excluding steroid dienone is 4. The van der Waals surface area contributed by atoms with Crippen molar-refractivity contribution in [1.82, 2.24) is 0 Å². The zero-order chi connectivity index (χ0) is 33.3. The van der Waals surface area contributed by atoms with Crippen molar-refractivity contribution in [2.24, 2.45) is 0 Å². The summed E-state index contributed by atoms with van der Waals surface area (Å²) in [6, 6.07) is 68.5. The summed E-state index contributed by atoms with van der Waals surface area (Å²) in [4.78, 5) is 2.38. The number of fused-ring (bicyclic) bond motifs is 2. The van der Waals surface area contributed by atoms with Crippen LogP contribution in [0.25, 0.3) is 27.8 Å². The molecular weight excluding hydrogens is 603 g/mol. The summed E-state index contributed by atoms with van der Waals surface area (Å²) in [7, 11) is 0. The highest BCUT2D eigenvalue weighted by atomic mass is 15.1. The summed E-state index contributed by atoms with van der Waals surface area (Å²) in [5, 5.41) is 0. The summed E-state index contributed by atoms with van der Waals surface area (Å²) in [6.45, 7) is 0. The van der Waals surface area contributed by atoms with Crippen molar-refractivity contribution in [1.29, 1.82) is 0 Å². The summed E-state index contributed by atoms with van der Waals surface area (Å²) in [5.74, 6) is 0. The molecule has 0 bridgehead atoms. The molecule has 238 valence electrons. The molecule has 0 fully saturated rings. The average molecular weight is 640 g/mol. The van der Waals surface area contributed by atoms with Gasteiger partial charge < -0.3 is 4.90 Å². The van der Waals surface area contributed by atoms with Crippen LogP contribution in [0.1, 0.15) is 35.1 Å². The Labute approximate surface area is 295 Å². The molecule has 2 aliphatic carbocycles. The second-order valence-corrected chi connectivity index (χ2v) is 13.2. The lowest BCUT2D eigenvalue weighted by Crippen LogP contribution is -2.29. The van der Waals surface area contributed by atoms with Gasteiger partial charge in [-0.1, -0.05) is 170 Å². The molecule has 0 N–H and O–H groups in total. The molecule has 1 heteroatoms. The minimum Gasteiger partial charge on any atom is -0.310 e. The Bertz CT molecular complexity index is 2330. The Balaban J connectivity index is 1.17. The van der Waals surface area contributed by atoms with E-state index in [9.17, 15) is 0 Å². The number of hydrogen-bond acceptors (Lipinski definition) is 1. The maximum atomic E-state index is 2.40. The van der Waals surface area contributed by atoms with Gasteiger partial charge in [-0.3, -0.25) is 0 Å². The first kappa shape index (κ1) is 29.9. The molecule has 0 spiro atoms. The van der Waals surface area contributed by atoms with Gasteiger partial charge in [0.25, 0.3) is 0 Å². The fourth-order valence-electron chi connectivity index (χ4n) is 8.24. The van der Waals surface area contributed by atoms with Crippen molar-refractivity contribution in [2.75, 3.05) is 4.90 Å². The molecule has 0 aliphatic heterocycles. The molecule has 50 heavy (non-hydrogen) atoms. The Kier molecular flexibility index (Phi) is 7.59. The predicted molar refractivity (Wildman–Crippen MR) is 210 cm³/mol. The molecule has 1 unspecified atom stereocenters. The number of benzene rings is 7. The molecule has 7 aromatic carbocycles. The fraction of sp³-hybridized carbons (Fsp3) is 0.0612. The third-order valence-corrected chi connectivity index (χ3v) is 10.5. The molecule has 0 radical (unpaired) electrons. The molecule has 0 saturated carbocycles. The van der Waals surface area contributed by atoms with Gasteiger partial charge in [0.2, 0.25) is 0 Å². The van der Waals surface area contributed by atoms with Crippen molar-refractivity contribution in [3.63, 3.8) is 0 Å². The van der Waals surface area contributed by atoms with E-state index >= 15 is 0 Å². The minimum atomic E-state index is -0.362. The van der Waals surface area contributed by atoms with E-state index in [1.807, 2.05) is 0 Å². The van der Waals surface area contributed by atoms with Crippen molar-refractivity contribution in [3.05, 3.63) is 228 Å². The van der Waals surface area contributed by atoms with Gasteiger partial charge in [-0.25, -0.2) is 0 Å². The lowest BCUT2D eigenvalue weighted by atomic mass is 9.66. The van der Waals surface area contributed by atoms with Gasteiger partial charge in [-0.15, -0.1) is 0 Å². The van der Waals surface area contributed by atoms with Crippen LogP contribution >= 0.6 is 0 Å². The van der Waals surface area contributed by atoms with Gasteiger partial charge in [-0.05, 0) is 93.3 Å². The molecule has 0 aromatic heterocycles. The van der Waals surface area contributed by atoms with Crippen LogP contribution in [0.5, 0.6) is 0 Å². The fourth-order valence-corrected chi connectivity index (χ4v) is 8.24. The van der Waals surface area contributed by atoms with Crippen LogP contribution in [-0.4, -0.2) is 0 Å². The number of para-hydroxylation sites is 2. The van der Waals surface area contributed by atoms with E-state index < -0.39 is 0 Å². The Morgan fingerprint density at radius 3 is 1.70 bits per heavy atom. The maximum absolute atomic E-state index is 2.40. The van der Waals surface area contributed by atoms with Crippen LogP contribution in [0.4, 0.5) is 17.1 Å². The number of rotatable bonds is 7. The Morgan fingerprint density at radius 1 is 0.420 bits per heavy atom. The largest absolute Gasteiger partial charge is 0.310 e. The number of nitrogens with zero attached hydrogens (tertiary/aromatic N) is 1. The highest BCUT2D eigenvalue weighted by molar-refractivity contribution is 5.90. The van der Waals surface area contributed by atoms with Gasteiger partial charge in [0.1, 0.15) is 0 Å². The van der Waals surface area contributed by atoms with Crippen molar-refractivity contribution >= 4 is 22.6 Å². The summed E-state index contributed by atoms with van der Waals surface area (Å²) >= 11 is 0. The maximum Gasteiger partial charge on any atom is 0.0710 e. The first-order valence-corrected chi connectivity index (χ1v) is 17.6. The smallest absolute Gasteiger partial charge is 0.0710 e. The van der Waals surface area contributed by atoms with E-state index in [0.717, 1.165) is 29.9 Å². The van der Waals surface area contributed by atoms with Gasteiger partial charge in [0.05, 0.1) is 11.1 Å². The normalized spacial score (nSPS) is 16.2. The number of anilines is 3. The van der Waals surface area contributed by atoms with Crippen LogP contribution in [0.15, 0.2) is 206 Å². The monoisotopic (exact) mass is 639 g/mol. The lowest BCUT2D eigenvalue weighted by molar-refractivity contribution is 0.757. The molecule has 1 atom stereocenters. The molecule has 7 aromatic rings. The van der Waals surface area contributed by atoms with Crippen molar-refractivity contribution < 1.29 is 0 Å². The first-order chi connectivity index (χ1) is 24.8. The van der Waals surface area contributed by atoms with Crippen LogP contribution < -0.4 is 4.90 Å². The van der Waals surface area contributed by atoms with E-state index in [-0.39, 0.29) is 5.41 Å². The third-order valence-electron chi connectivity index (χ3n) is 10.5. The summed E-state index contributed by atoms with van der Waals surface area (Å²) < 4.78 is 0. The van der Waals surface area contributed by atoms with E-state index in [2.05, 4.69) is 205 Å². The molecular formula is C49H37N. The highest BCUT2D eigenvalue weighted by Gasteiger charge is 2.46. The van der Waals surface area contributed by atoms with E-state index in [4.69, 9.17) is 0 Å². The van der Waals surface area contributed by atoms with Crippen molar-refractivity contribution in [2.45, 2.75) is 18.3 Å². The van der Waals surface area contributed by atoms with Crippen LogP contribution in [0.2, 0.25) is 0 Å². The summed E-state index contributed by atoms with van der Waals surface area (Å²) in [6.07, 6.45) is 6.92. The van der Waals surface area contributed by atoms with E-state index in [0.29, 0.717) is 0 Å². The molecule has 0 saturated heterocycles. The lowest BCUT2D eigenvalue weighted by Gasteiger charge is -2.35. The topological polar surface area (TPSA) is 3.24 Å². The SMILES string of the molecule is C1=CC2=C(CC1)c1ccccc1C2(c1ccccc1)c1ccc(-c2ccccc2N(c2ccccc2)c2ccc(-c3ccccc3)cc2)cc1. The van der Waals surface area contributed by atoms with Gasteiger partial charge in [0, 0.05) is 16.9 Å². The van der Waals surface area contributed by atoms with Crippen LogP contribution in [0, 0.1) is 0 Å². The van der Waals surface area contributed by atoms with Gasteiger partial charge in [-0.2, -0.15) is 0 Å². The van der Waals surface area contributed by atoms with Crippen LogP contribution in [0.3, 0.4) is 0 Å². The van der Waals surface area contributed by atoms with E-state index in [1.54, 1.807) is 0 Å². The highest BCUT2D eigenvalue weighted by Crippen LogP contribution is 2.57. The van der Waals surface area contributed by atoms with Crippen LogP contribution in [-0.2, 0) is 5.41 Å². The van der Waals surface area contributed by atoms with Gasteiger partial charge >= 0.3 is 0 Å². The third kappa shape index (κ3) is 4.94. The molecule has 0 amide bonds. The molecule has 9 rings (SSSR count). The molecule has 0 heterocycles. The minimum absolute atomic E-state index is 0.362. The standard InChI is InChI=1S/C49H37N/c1-4-16-36(17-5-1)37-30-34-42(35-31-37)50(41-20-8-3-9-21-41)48-27-15-12-22-43(48)38-28-32-40(33-29-38)49(39-18-6-2-7-19-39)46-25-13-10-23-44(46)45-24-11-14-26-47(45)49/h1-10,12-23,25-35H,11,24H2. The second kappa shape index (κ2) is 12.7. The molecule has 1 nitrogen and oxygen atoms in total. The predicted octanol–water partition coefficient (Wildman–Crippen LogP) is 12.9. The second-order valence-electron chi connectivity index (χ2n) is 13.2. The zero-order valence-electron chi connectivity index (χ0n) is 27.9. The van der Waals surface area contributed by atoms with E-state index in [1.165, 1.54) is 55.7 Å². The summed E-state index contributed by atoms with van der Waals surface area (Å²) in [5.41, 5.74) is 16.1. The van der Waals surface area contributed by atoms with Crippen molar-refractivity contribution in [3.8, 4) is 22.3 Å². The Morgan fingerprint density at radius 2 is 0.960 bits per heavy atom. The average Bonchev–Trinajstić information content (AvgIpc) is 3.51. The first-order valence-electron chi connectivity index (χ1n) is 17.6. The Hall–Kier alpha value is -6.18. The van der Waals surface area contributed by atoms with Gasteiger partial charge in [0.15, 0.2) is 0 Å². The number of hydrogen-bond donors (Lipinski definition) is 0.